The van der Waals surface area contributed by atoms with E-state index in [-0.39, 0.29) is 11.7 Å². The first-order valence-corrected chi connectivity index (χ1v) is 12.3. The van der Waals surface area contributed by atoms with Gasteiger partial charge in [-0.1, -0.05) is 80.3 Å². The number of carbonyl (C=O) groups is 1. The fraction of sp³-hybridized carbons (Fsp3) is 0.500. The van der Waals surface area contributed by atoms with Crippen molar-refractivity contribution in [3.63, 3.8) is 0 Å². The molecule has 0 saturated heterocycles. The van der Waals surface area contributed by atoms with Gasteiger partial charge in [0.15, 0.2) is 0 Å². The molecule has 0 heterocycles. The van der Waals surface area contributed by atoms with Gasteiger partial charge in [-0.15, -0.1) is 0 Å². The molecule has 2 rings (SSSR count). The standard InChI is InChI=1S/C26H36O3S/c1-21(27)26(30-20-19-25(28)29)24-18-12-11-17-23(24)16-10-5-3-2-4-7-13-22-14-8-6-9-15-22/h6,8-9,11-12,14-15,17-18,21,26-27H,2-5,7,10,13,16,19-20H2,1H3,(H,28,29)/t21-,26-/m0/s1. The molecular weight excluding hydrogens is 392 g/mol. The molecule has 0 fully saturated rings. The highest BCUT2D eigenvalue weighted by molar-refractivity contribution is 7.99. The second-order valence-corrected chi connectivity index (χ2v) is 9.23. The van der Waals surface area contributed by atoms with Gasteiger partial charge in [0.2, 0.25) is 0 Å². The molecule has 0 spiro atoms. The van der Waals surface area contributed by atoms with E-state index in [1.54, 1.807) is 18.7 Å². The van der Waals surface area contributed by atoms with Crippen LogP contribution in [0, 0.1) is 0 Å². The first-order chi connectivity index (χ1) is 14.6. The lowest BCUT2D eigenvalue weighted by molar-refractivity contribution is -0.136. The Morgan fingerprint density at radius 3 is 2.13 bits per heavy atom. The molecule has 0 aromatic heterocycles. The van der Waals surface area contributed by atoms with E-state index in [0.29, 0.717) is 5.75 Å². The molecule has 0 unspecified atom stereocenters. The van der Waals surface area contributed by atoms with Crippen LogP contribution in [0.15, 0.2) is 54.6 Å². The lowest BCUT2D eigenvalue weighted by Gasteiger charge is -2.22. The van der Waals surface area contributed by atoms with Crippen LogP contribution < -0.4 is 0 Å². The fourth-order valence-corrected chi connectivity index (χ4v) is 5.03. The zero-order valence-electron chi connectivity index (χ0n) is 18.1. The van der Waals surface area contributed by atoms with E-state index in [9.17, 15) is 9.90 Å². The average molecular weight is 429 g/mol. The van der Waals surface area contributed by atoms with Crippen LogP contribution in [0.5, 0.6) is 0 Å². The summed E-state index contributed by atoms with van der Waals surface area (Å²) in [6.45, 7) is 1.80. The highest BCUT2D eigenvalue weighted by Gasteiger charge is 2.20. The van der Waals surface area contributed by atoms with Crippen molar-refractivity contribution in [1.29, 1.82) is 0 Å². The molecule has 2 aromatic carbocycles. The third-order valence-electron chi connectivity index (χ3n) is 5.42. The lowest BCUT2D eigenvalue weighted by Crippen LogP contribution is -2.14. The summed E-state index contributed by atoms with van der Waals surface area (Å²) < 4.78 is 0. The quantitative estimate of drug-likeness (QED) is 0.320. The number of carboxylic acid groups (broad SMARTS) is 1. The third-order valence-corrected chi connectivity index (χ3v) is 6.86. The Bertz CT molecular complexity index is 730. The smallest absolute Gasteiger partial charge is 0.304 e. The number of aliphatic carboxylic acids is 1. The van der Waals surface area contributed by atoms with E-state index in [4.69, 9.17) is 5.11 Å². The van der Waals surface area contributed by atoms with Gasteiger partial charge >= 0.3 is 5.97 Å². The van der Waals surface area contributed by atoms with E-state index in [1.807, 2.05) is 6.07 Å². The first kappa shape index (κ1) is 24.5. The van der Waals surface area contributed by atoms with E-state index in [1.165, 1.54) is 49.7 Å². The van der Waals surface area contributed by atoms with Crippen LogP contribution in [-0.4, -0.2) is 28.0 Å². The van der Waals surface area contributed by atoms with Crippen LogP contribution in [0.3, 0.4) is 0 Å². The minimum absolute atomic E-state index is 0.0708. The lowest BCUT2D eigenvalue weighted by atomic mass is 9.96. The summed E-state index contributed by atoms with van der Waals surface area (Å²) >= 11 is 1.55. The maximum absolute atomic E-state index is 10.8. The highest BCUT2D eigenvalue weighted by atomic mass is 32.2. The maximum Gasteiger partial charge on any atom is 0.304 e. The van der Waals surface area contributed by atoms with Gasteiger partial charge in [-0.2, -0.15) is 11.8 Å². The van der Waals surface area contributed by atoms with Crippen molar-refractivity contribution in [3.8, 4) is 0 Å². The van der Waals surface area contributed by atoms with E-state index in [2.05, 4.69) is 48.5 Å². The van der Waals surface area contributed by atoms with Gasteiger partial charge in [0.1, 0.15) is 0 Å². The van der Waals surface area contributed by atoms with Crippen molar-refractivity contribution in [2.24, 2.45) is 0 Å². The number of hydrogen-bond donors (Lipinski definition) is 2. The van der Waals surface area contributed by atoms with Crippen LogP contribution in [-0.2, 0) is 17.6 Å². The van der Waals surface area contributed by atoms with Gasteiger partial charge in [0.05, 0.1) is 17.8 Å². The molecule has 30 heavy (non-hydrogen) atoms. The van der Waals surface area contributed by atoms with Gasteiger partial charge in [-0.25, -0.2) is 0 Å². The summed E-state index contributed by atoms with van der Waals surface area (Å²) in [4.78, 5) is 10.8. The normalized spacial score (nSPS) is 13.1. The van der Waals surface area contributed by atoms with Crippen molar-refractivity contribution in [2.75, 3.05) is 5.75 Å². The summed E-state index contributed by atoms with van der Waals surface area (Å²) in [7, 11) is 0. The molecule has 0 radical (unpaired) electrons. The van der Waals surface area contributed by atoms with Gasteiger partial charge in [0, 0.05) is 5.75 Å². The van der Waals surface area contributed by atoms with Crippen molar-refractivity contribution in [3.05, 3.63) is 71.3 Å². The zero-order valence-corrected chi connectivity index (χ0v) is 18.9. The summed E-state index contributed by atoms with van der Waals surface area (Å²) in [6, 6.07) is 19.0. The Kier molecular flexibility index (Phi) is 11.6. The van der Waals surface area contributed by atoms with Crippen molar-refractivity contribution in [1.82, 2.24) is 0 Å². The molecule has 164 valence electrons. The molecule has 0 saturated carbocycles. The van der Waals surface area contributed by atoms with E-state index < -0.39 is 12.1 Å². The van der Waals surface area contributed by atoms with Crippen LogP contribution in [0.2, 0.25) is 0 Å². The van der Waals surface area contributed by atoms with Crippen LogP contribution in [0.25, 0.3) is 0 Å². The van der Waals surface area contributed by atoms with Crippen molar-refractivity contribution in [2.45, 2.75) is 76.1 Å². The van der Waals surface area contributed by atoms with E-state index in [0.717, 1.165) is 18.4 Å². The predicted molar refractivity (Wildman–Crippen MR) is 127 cm³/mol. The number of thioether (sulfide) groups is 1. The van der Waals surface area contributed by atoms with Crippen LogP contribution in [0.4, 0.5) is 0 Å². The number of unbranched alkanes of at least 4 members (excludes halogenated alkanes) is 5. The minimum atomic E-state index is -0.788. The number of aliphatic hydroxyl groups excluding tert-OH is 1. The largest absolute Gasteiger partial charge is 0.481 e. The number of aliphatic hydroxyl groups is 1. The summed E-state index contributed by atoms with van der Waals surface area (Å²) in [5.41, 5.74) is 3.88. The molecular formula is C26H36O3S. The predicted octanol–water partition coefficient (Wildman–Crippen LogP) is 6.44. The minimum Gasteiger partial charge on any atom is -0.481 e. The number of hydrogen-bond acceptors (Lipinski definition) is 3. The monoisotopic (exact) mass is 428 g/mol. The number of carboxylic acids is 1. The second kappa shape index (κ2) is 14.3. The molecule has 0 aliphatic heterocycles. The molecule has 2 atom stereocenters. The van der Waals surface area contributed by atoms with Crippen molar-refractivity contribution >= 4 is 17.7 Å². The van der Waals surface area contributed by atoms with Crippen LogP contribution >= 0.6 is 11.8 Å². The molecule has 2 N–H and O–H groups in total. The average Bonchev–Trinajstić information content (AvgIpc) is 2.74. The molecule has 0 bridgehead atoms. The molecule has 0 aliphatic rings. The highest BCUT2D eigenvalue weighted by Crippen LogP contribution is 2.35. The molecule has 4 heteroatoms. The summed E-state index contributed by atoms with van der Waals surface area (Å²) in [5, 5.41) is 19.1. The maximum atomic E-state index is 10.8. The molecule has 0 amide bonds. The van der Waals surface area contributed by atoms with Gasteiger partial charge in [-0.3, -0.25) is 4.79 Å². The number of aryl methyl sites for hydroxylation is 2. The molecule has 3 nitrogen and oxygen atoms in total. The Morgan fingerprint density at radius 2 is 1.47 bits per heavy atom. The Hall–Kier alpha value is -1.78. The second-order valence-electron chi connectivity index (χ2n) is 7.98. The molecule has 0 aliphatic carbocycles. The van der Waals surface area contributed by atoms with Crippen molar-refractivity contribution < 1.29 is 15.0 Å². The van der Waals surface area contributed by atoms with Gasteiger partial charge in [-0.05, 0) is 49.3 Å². The Morgan fingerprint density at radius 1 is 0.867 bits per heavy atom. The topological polar surface area (TPSA) is 57.5 Å². The van der Waals surface area contributed by atoms with Gasteiger partial charge < -0.3 is 10.2 Å². The Balaban J connectivity index is 1.71. The fourth-order valence-electron chi connectivity index (χ4n) is 3.80. The first-order valence-electron chi connectivity index (χ1n) is 11.2. The van der Waals surface area contributed by atoms with Gasteiger partial charge in [0.25, 0.3) is 0 Å². The zero-order chi connectivity index (χ0) is 21.6. The Labute approximate surface area is 185 Å². The SMILES string of the molecule is C[C@H](O)[C@H](SCCC(=O)O)c1ccccc1CCCCCCCCc1ccccc1. The van der Waals surface area contributed by atoms with E-state index >= 15 is 0 Å². The number of rotatable bonds is 15. The summed E-state index contributed by atoms with van der Waals surface area (Å²) in [5.74, 6) is -0.272. The number of benzene rings is 2. The molecule has 2 aromatic rings. The summed E-state index contributed by atoms with van der Waals surface area (Å²) in [6.07, 6.45) is 9.30. The van der Waals surface area contributed by atoms with Crippen LogP contribution in [0.1, 0.15) is 73.8 Å². The third kappa shape index (κ3) is 9.36.